The number of hydrogen-bond acceptors (Lipinski definition) is 7. The largest absolute Gasteiger partial charge is 0.377 e. The average Bonchev–Trinajstić information content (AvgIpc) is 3.17. The summed E-state index contributed by atoms with van der Waals surface area (Å²) in [5, 5.41) is 6.51. The monoisotopic (exact) mass is 342 g/mol. The van der Waals surface area contributed by atoms with E-state index in [0.717, 1.165) is 6.26 Å². The van der Waals surface area contributed by atoms with Crippen molar-refractivity contribution in [2.75, 3.05) is 26.0 Å². The van der Waals surface area contributed by atoms with Crippen molar-refractivity contribution < 1.29 is 17.9 Å². The number of thiazole rings is 1. The lowest BCUT2D eigenvalue weighted by atomic mass is 10.1. The van der Waals surface area contributed by atoms with Crippen LogP contribution in [0.15, 0.2) is 22.8 Å². The van der Waals surface area contributed by atoms with Crippen molar-refractivity contribution in [3.63, 3.8) is 0 Å². The van der Waals surface area contributed by atoms with E-state index in [1.54, 1.807) is 10.4 Å². The Hall–Kier alpha value is -1.78. The number of amides is 1. The molecule has 0 aliphatic carbocycles. The highest BCUT2D eigenvalue weighted by Gasteiger charge is 2.34. The van der Waals surface area contributed by atoms with Crippen LogP contribution in [-0.4, -0.2) is 60.4 Å². The van der Waals surface area contributed by atoms with Gasteiger partial charge < -0.3 is 9.64 Å². The van der Waals surface area contributed by atoms with Gasteiger partial charge in [0.1, 0.15) is 9.77 Å². The normalized spacial score (nSPS) is 19.3. The first kappa shape index (κ1) is 15.1. The van der Waals surface area contributed by atoms with Gasteiger partial charge in [-0.3, -0.25) is 14.9 Å². The second-order valence-electron chi connectivity index (χ2n) is 4.88. The van der Waals surface area contributed by atoms with Crippen molar-refractivity contribution in [1.29, 1.82) is 0 Å². The molecule has 1 atom stereocenters. The lowest BCUT2D eigenvalue weighted by molar-refractivity contribution is -0.00443. The van der Waals surface area contributed by atoms with Crippen LogP contribution in [0.2, 0.25) is 0 Å². The van der Waals surface area contributed by atoms with Gasteiger partial charge in [0.15, 0.2) is 9.84 Å². The van der Waals surface area contributed by atoms with E-state index in [-0.39, 0.29) is 17.4 Å². The minimum absolute atomic E-state index is 0.0881. The lowest BCUT2D eigenvalue weighted by Crippen LogP contribution is -2.43. The summed E-state index contributed by atoms with van der Waals surface area (Å²) in [7, 11) is -3.44. The number of morpholine rings is 1. The van der Waals surface area contributed by atoms with Crippen molar-refractivity contribution in [2.24, 2.45) is 0 Å². The quantitative estimate of drug-likeness (QED) is 0.870. The molecule has 10 heteroatoms. The first-order valence-corrected chi connectivity index (χ1v) is 9.26. The summed E-state index contributed by atoms with van der Waals surface area (Å²) in [5.74, 6) is -0.190. The van der Waals surface area contributed by atoms with Crippen molar-refractivity contribution in [3.05, 3.63) is 28.5 Å². The Morgan fingerprint density at radius 2 is 2.32 bits per heavy atom. The topological polar surface area (TPSA) is 105 Å². The minimum atomic E-state index is -3.44. The van der Waals surface area contributed by atoms with Crippen molar-refractivity contribution >= 4 is 27.1 Å². The maximum atomic E-state index is 12.6. The Balaban J connectivity index is 1.97. The molecule has 1 saturated heterocycles. The predicted octanol–water partition coefficient (Wildman–Crippen LogP) is 0.483. The standard InChI is InChI=1S/C12H14N4O4S2/c1-22(18,19)10-5-14-15-11(10)8-6-20-3-2-16(8)12(17)9-4-13-7-21-9/h4-5,7-8H,2-3,6H2,1H3,(H,14,15). The number of sulfone groups is 1. The number of nitrogens with zero attached hydrogens (tertiary/aromatic N) is 3. The molecule has 3 rings (SSSR count). The predicted molar refractivity (Wildman–Crippen MR) is 78.4 cm³/mol. The van der Waals surface area contributed by atoms with Crippen LogP contribution in [0.1, 0.15) is 21.4 Å². The fourth-order valence-corrected chi connectivity index (χ4v) is 3.77. The molecule has 2 aromatic rings. The molecule has 118 valence electrons. The van der Waals surface area contributed by atoms with Crippen molar-refractivity contribution in [2.45, 2.75) is 10.9 Å². The van der Waals surface area contributed by atoms with Crippen molar-refractivity contribution in [1.82, 2.24) is 20.1 Å². The summed E-state index contributed by atoms with van der Waals surface area (Å²) < 4.78 is 29.1. The number of carbonyl (C=O) groups is 1. The van der Waals surface area contributed by atoms with Gasteiger partial charge in [0.05, 0.1) is 42.9 Å². The van der Waals surface area contributed by atoms with Gasteiger partial charge in [-0.2, -0.15) is 5.10 Å². The van der Waals surface area contributed by atoms with Gasteiger partial charge in [-0.25, -0.2) is 8.42 Å². The molecule has 0 aromatic carbocycles. The summed E-state index contributed by atoms with van der Waals surface area (Å²) in [6, 6.07) is -0.518. The van der Waals surface area contributed by atoms with E-state index in [1.165, 1.54) is 23.7 Å². The molecule has 1 N–H and O–H groups in total. The van der Waals surface area contributed by atoms with Crippen LogP contribution in [0.3, 0.4) is 0 Å². The van der Waals surface area contributed by atoms with Crippen LogP contribution in [-0.2, 0) is 14.6 Å². The molecule has 3 heterocycles. The molecule has 1 aliphatic heterocycles. The molecular formula is C12H14N4O4S2. The molecule has 1 aliphatic rings. The third kappa shape index (κ3) is 2.76. The summed E-state index contributed by atoms with van der Waals surface area (Å²) in [6.07, 6.45) is 3.87. The van der Waals surface area contributed by atoms with E-state index in [0.29, 0.717) is 23.7 Å². The molecule has 22 heavy (non-hydrogen) atoms. The van der Waals surface area contributed by atoms with Crippen LogP contribution >= 0.6 is 11.3 Å². The zero-order valence-electron chi connectivity index (χ0n) is 11.7. The number of hydrogen-bond donors (Lipinski definition) is 1. The SMILES string of the molecule is CS(=O)(=O)c1cn[nH]c1C1COCCN1C(=O)c1cncs1. The molecular weight excluding hydrogens is 328 g/mol. The molecule has 8 nitrogen and oxygen atoms in total. The minimum Gasteiger partial charge on any atom is -0.377 e. The number of aromatic nitrogens is 3. The molecule has 1 unspecified atom stereocenters. The van der Waals surface area contributed by atoms with Gasteiger partial charge in [0.25, 0.3) is 5.91 Å². The summed E-state index contributed by atoms with van der Waals surface area (Å²) in [5.41, 5.74) is 1.96. The van der Waals surface area contributed by atoms with Crippen LogP contribution in [0.4, 0.5) is 0 Å². The molecule has 1 fully saturated rings. The van der Waals surface area contributed by atoms with Crippen LogP contribution in [0.25, 0.3) is 0 Å². The fraction of sp³-hybridized carbons (Fsp3) is 0.417. The number of nitrogens with one attached hydrogen (secondary N) is 1. The maximum Gasteiger partial charge on any atom is 0.266 e. The number of carbonyl (C=O) groups excluding carboxylic acids is 1. The Morgan fingerprint density at radius 3 is 3.00 bits per heavy atom. The number of aromatic amines is 1. The molecule has 0 saturated carbocycles. The Bertz CT molecular complexity index is 769. The Labute approximate surface area is 131 Å². The second kappa shape index (κ2) is 5.78. The first-order valence-electron chi connectivity index (χ1n) is 6.49. The molecule has 0 radical (unpaired) electrons. The average molecular weight is 342 g/mol. The second-order valence-corrected chi connectivity index (χ2v) is 7.75. The molecule has 2 aromatic heterocycles. The van der Waals surface area contributed by atoms with Gasteiger partial charge >= 0.3 is 0 Å². The van der Waals surface area contributed by atoms with E-state index in [1.807, 2.05) is 0 Å². The summed E-state index contributed by atoms with van der Waals surface area (Å²) >= 11 is 1.25. The van der Waals surface area contributed by atoms with Gasteiger partial charge in [-0.05, 0) is 0 Å². The van der Waals surface area contributed by atoms with Gasteiger partial charge in [-0.15, -0.1) is 11.3 Å². The fourth-order valence-electron chi connectivity index (χ4n) is 2.37. The summed E-state index contributed by atoms with van der Waals surface area (Å²) in [6.45, 7) is 1.00. The highest BCUT2D eigenvalue weighted by molar-refractivity contribution is 7.90. The van der Waals surface area contributed by atoms with Crippen LogP contribution in [0.5, 0.6) is 0 Å². The van der Waals surface area contributed by atoms with Crippen LogP contribution in [0, 0.1) is 0 Å². The summed E-state index contributed by atoms with van der Waals surface area (Å²) in [4.78, 5) is 18.7. The number of H-pyrrole nitrogens is 1. The van der Waals surface area contributed by atoms with Crippen molar-refractivity contribution in [3.8, 4) is 0 Å². The molecule has 0 bridgehead atoms. The third-order valence-electron chi connectivity index (χ3n) is 3.40. The number of rotatable bonds is 3. The van der Waals surface area contributed by atoms with E-state index in [9.17, 15) is 13.2 Å². The maximum absolute atomic E-state index is 12.6. The zero-order chi connectivity index (χ0) is 15.7. The van der Waals surface area contributed by atoms with E-state index < -0.39 is 15.9 Å². The van der Waals surface area contributed by atoms with Gasteiger partial charge in [-0.1, -0.05) is 0 Å². The zero-order valence-corrected chi connectivity index (χ0v) is 13.4. The smallest absolute Gasteiger partial charge is 0.266 e. The lowest BCUT2D eigenvalue weighted by Gasteiger charge is -2.35. The molecule has 0 spiro atoms. The highest BCUT2D eigenvalue weighted by atomic mass is 32.2. The van der Waals surface area contributed by atoms with E-state index in [2.05, 4.69) is 15.2 Å². The Morgan fingerprint density at radius 1 is 1.50 bits per heavy atom. The van der Waals surface area contributed by atoms with E-state index >= 15 is 0 Å². The van der Waals surface area contributed by atoms with Gasteiger partial charge in [0.2, 0.25) is 0 Å². The van der Waals surface area contributed by atoms with Gasteiger partial charge in [0, 0.05) is 12.8 Å². The highest BCUT2D eigenvalue weighted by Crippen LogP contribution is 2.29. The Kier molecular flexibility index (Phi) is 3.98. The number of ether oxygens (including phenoxy) is 1. The van der Waals surface area contributed by atoms with Crippen LogP contribution < -0.4 is 0 Å². The van der Waals surface area contributed by atoms with E-state index in [4.69, 9.17) is 4.74 Å². The third-order valence-corrected chi connectivity index (χ3v) is 5.28. The molecule has 1 amide bonds. The first-order chi connectivity index (χ1) is 10.5.